The predicted octanol–water partition coefficient (Wildman–Crippen LogP) is 3.56. The Morgan fingerprint density at radius 2 is 1.82 bits per heavy atom. The lowest BCUT2D eigenvalue weighted by molar-refractivity contribution is 0.0923. The number of nitrogens with two attached hydrogens (primary N) is 1. The summed E-state index contributed by atoms with van der Waals surface area (Å²) in [6.07, 6.45) is 3.35. The van der Waals surface area contributed by atoms with Crippen molar-refractivity contribution in [1.82, 2.24) is 5.01 Å². The number of hydrogen-bond donors (Lipinski definition) is 1. The largest absolute Gasteiger partial charge is 0.496 e. The van der Waals surface area contributed by atoms with E-state index in [0.717, 1.165) is 25.1 Å². The van der Waals surface area contributed by atoms with Gasteiger partial charge < -0.3 is 4.74 Å². The quantitative estimate of drug-likeness (QED) is 0.877. The Bertz CT molecular complexity index is 599. The first-order valence-corrected chi connectivity index (χ1v) is 7.98. The van der Waals surface area contributed by atoms with Crippen LogP contribution in [0.15, 0.2) is 54.6 Å². The van der Waals surface area contributed by atoms with E-state index in [0.29, 0.717) is 5.92 Å². The Labute approximate surface area is 132 Å². The van der Waals surface area contributed by atoms with Crippen molar-refractivity contribution in [2.75, 3.05) is 13.7 Å². The van der Waals surface area contributed by atoms with Crippen LogP contribution in [0.2, 0.25) is 0 Å². The number of hydrogen-bond acceptors (Lipinski definition) is 3. The molecule has 1 aliphatic rings. The van der Waals surface area contributed by atoms with E-state index in [4.69, 9.17) is 10.6 Å². The van der Waals surface area contributed by atoms with Crippen LogP contribution >= 0.6 is 0 Å². The SMILES string of the molecule is COc1ccccc1CC1CCCN(N)C1c1ccccc1. The highest BCUT2D eigenvalue weighted by Gasteiger charge is 2.31. The van der Waals surface area contributed by atoms with Gasteiger partial charge in [0, 0.05) is 6.54 Å². The molecule has 0 spiro atoms. The van der Waals surface area contributed by atoms with Gasteiger partial charge in [0.1, 0.15) is 5.75 Å². The fourth-order valence-corrected chi connectivity index (χ4v) is 3.59. The van der Waals surface area contributed by atoms with E-state index in [9.17, 15) is 0 Å². The summed E-state index contributed by atoms with van der Waals surface area (Å²) in [7, 11) is 1.74. The first kappa shape index (κ1) is 15.1. The number of hydrazine groups is 1. The van der Waals surface area contributed by atoms with E-state index in [1.165, 1.54) is 17.5 Å². The molecule has 2 aromatic carbocycles. The number of benzene rings is 2. The minimum Gasteiger partial charge on any atom is -0.496 e. The summed E-state index contributed by atoms with van der Waals surface area (Å²) in [5.41, 5.74) is 2.58. The van der Waals surface area contributed by atoms with Gasteiger partial charge in [-0.1, -0.05) is 48.5 Å². The molecule has 3 heteroatoms. The molecule has 0 radical (unpaired) electrons. The van der Waals surface area contributed by atoms with Crippen LogP contribution in [0, 0.1) is 5.92 Å². The second kappa shape index (κ2) is 6.95. The topological polar surface area (TPSA) is 38.5 Å². The zero-order chi connectivity index (χ0) is 15.4. The summed E-state index contributed by atoms with van der Waals surface area (Å²) < 4.78 is 5.51. The molecule has 1 saturated heterocycles. The molecule has 3 rings (SSSR count). The van der Waals surface area contributed by atoms with Gasteiger partial charge in [-0.3, -0.25) is 5.84 Å². The number of nitrogens with zero attached hydrogens (tertiary/aromatic N) is 1. The minimum atomic E-state index is 0.278. The highest BCUT2D eigenvalue weighted by atomic mass is 16.5. The third kappa shape index (κ3) is 3.16. The fraction of sp³-hybridized carbons (Fsp3) is 0.368. The molecular formula is C19H24N2O. The Morgan fingerprint density at radius 3 is 2.59 bits per heavy atom. The van der Waals surface area contributed by atoms with Gasteiger partial charge >= 0.3 is 0 Å². The molecule has 2 atom stereocenters. The van der Waals surface area contributed by atoms with Crippen LogP contribution in [-0.4, -0.2) is 18.7 Å². The molecule has 2 unspecified atom stereocenters. The normalized spacial score (nSPS) is 22.5. The summed E-state index contributed by atoms with van der Waals surface area (Å²) >= 11 is 0. The van der Waals surface area contributed by atoms with Crippen molar-refractivity contribution in [3.63, 3.8) is 0 Å². The van der Waals surface area contributed by atoms with E-state index in [1.54, 1.807) is 7.11 Å². The van der Waals surface area contributed by atoms with E-state index in [1.807, 2.05) is 17.1 Å². The number of para-hydroxylation sites is 1. The van der Waals surface area contributed by atoms with Gasteiger partial charge in [0.25, 0.3) is 0 Å². The first-order valence-electron chi connectivity index (χ1n) is 7.98. The number of ether oxygens (including phenoxy) is 1. The minimum absolute atomic E-state index is 0.278. The Kier molecular flexibility index (Phi) is 4.76. The zero-order valence-electron chi connectivity index (χ0n) is 13.1. The maximum atomic E-state index is 6.33. The molecule has 0 aromatic heterocycles. The standard InChI is InChI=1S/C19H24N2O/c1-22-18-12-6-5-10-16(18)14-17-11-7-13-21(20)19(17)15-8-3-2-4-9-15/h2-6,8-10,12,17,19H,7,11,13-14,20H2,1H3. The lowest BCUT2D eigenvalue weighted by Crippen LogP contribution is -2.44. The summed E-state index contributed by atoms with van der Waals surface area (Å²) in [5, 5.41) is 2.01. The number of rotatable bonds is 4. The highest BCUT2D eigenvalue weighted by Crippen LogP contribution is 2.37. The predicted molar refractivity (Wildman–Crippen MR) is 89.5 cm³/mol. The molecule has 0 bridgehead atoms. The Morgan fingerprint density at radius 1 is 1.09 bits per heavy atom. The lowest BCUT2D eigenvalue weighted by atomic mass is 9.81. The van der Waals surface area contributed by atoms with Crippen molar-refractivity contribution in [3.8, 4) is 5.75 Å². The fourth-order valence-electron chi connectivity index (χ4n) is 3.59. The van der Waals surface area contributed by atoms with E-state index < -0.39 is 0 Å². The average Bonchev–Trinajstić information content (AvgIpc) is 2.56. The zero-order valence-corrected chi connectivity index (χ0v) is 13.1. The van der Waals surface area contributed by atoms with Crippen LogP contribution in [0.3, 0.4) is 0 Å². The van der Waals surface area contributed by atoms with Crippen molar-refractivity contribution in [1.29, 1.82) is 0 Å². The molecule has 0 amide bonds. The second-order valence-corrected chi connectivity index (χ2v) is 6.01. The van der Waals surface area contributed by atoms with Crippen LogP contribution in [-0.2, 0) is 6.42 Å². The smallest absolute Gasteiger partial charge is 0.122 e. The van der Waals surface area contributed by atoms with Gasteiger partial charge in [-0.25, -0.2) is 5.01 Å². The van der Waals surface area contributed by atoms with Gasteiger partial charge in [0.15, 0.2) is 0 Å². The third-order valence-electron chi connectivity index (χ3n) is 4.61. The summed E-state index contributed by atoms with van der Waals surface area (Å²) in [4.78, 5) is 0. The van der Waals surface area contributed by atoms with Gasteiger partial charge in [-0.15, -0.1) is 0 Å². The maximum absolute atomic E-state index is 6.33. The van der Waals surface area contributed by atoms with Crippen molar-refractivity contribution in [2.24, 2.45) is 11.8 Å². The van der Waals surface area contributed by atoms with Crippen LogP contribution in [0.4, 0.5) is 0 Å². The summed E-state index contributed by atoms with van der Waals surface area (Å²) in [5.74, 6) is 7.81. The van der Waals surface area contributed by atoms with Gasteiger partial charge in [-0.05, 0) is 42.4 Å². The summed E-state index contributed by atoms with van der Waals surface area (Å²) in [6, 6.07) is 19.2. The van der Waals surface area contributed by atoms with E-state index in [-0.39, 0.29) is 6.04 Å². The summed E-state index contributed by atoms with van der Waals surface area (Å²) in [6.45, 7) is 0.960. The molecule has 1 fully saturated rings. The molecule has 2 N–H and O–H groups in total. The van der Waals surface area contributed by atoms with Crippen LogP contribution in [0.5, 0.6) is 5.75 Å². The van der Waals surface area contributed by atoms with Crippen molar-refractivity contribution in [3.05, 3.63) is 65.7 Å². The third-order valence-corrected chi connectivity index (χ3v) is 4.61. The molecule has 22 heavy (non-hydrogen) atoms. The van der Waals surface area contributed by atoms with Crippen molar-refractivity contribution >= 4 is 0 Å². The molecule has 1 aliphatic heterocycles. The van der Waals surface area contributed by atoms with Gasteiger partial charge in [0.2, 0.25) is 0 Å². The molecule has 3 nitrogen and oxygen atoms in total. The first-order chi connectivity index (χ1) is 10.8. The van der Waals surface area contributed by atoms with Gasteiger partial charge in [0.05, 0.1) is 13.2 Å². The van der Waals surface area contributed by atoms with Crippen LogP contribution in [0.1, 0.15) is 30.0 Å². The highest BCUT2D eigenvalue weighted by molar-refractivity contribution is 5.34. The second-order valence-electron chi connectivity index (χ2n) is 6.01. The Balaban J connectivity index is 1.87. The Hall–Kier alpha value is -1.84. The van der Waals surface area contributed by atoms with E-state index in [2.05, 4.69) is 42.5 Å². The molecule has 0 saturated carbocycles. The van der Waals surface area contributed by atoms with Crippen LogP contribution < -0.4 is 10.6 Å². The van der Waals surface area contributed by atoms with Crippen molar-refractivity contribution < 1.29 is 4.74 Å². The molecule has 0 aliphatic carbocycles. The lowest BCUT2D eigenvalue weighted by Gasteiger charge is -2.39. The molecule has 1 heterocycles. The monoisotopic (exact) mass is 296 g/mol. The van der Waals surface area contributed by atoms with Crippen LogP contribution in [0.25, 0.3) is 0 Å². The molecule has 116 valence electrons. The van der Waals surface area contributed by atoms with Gasteiger partial charge in [-0.2, -0.15) is 0 Å². The van der Waals surface area contributed by atoms with E-state index >= 15 is 0 Å². The maximum Gasteiger partial charge on any atom is 0.122 e. The number of piperidine rings is 1. The average molecular weight is 296 g/mol. The number of methoxy groups -OCH3 is 1. The van der Waals surface area contributed by atoms with Crippen molar-refractivity contribution in [2.45, 2.75) is 25.3 Å². The molecular weight excluding hydrogens is 272 g/mol. The molecule has 2 aromatic rings.